The number of rotatable bonds is 7. The highest BCUT2D eigenvalue weighted by atomic mass is 32.1. The van der Waals surface area contributed by atoms with Crippen molar-refractivity contribution in [1.82, 2.24) is 15.5 Å². The van der Waals surface area contributed by atoms with E-state index in [-0.39, 0.29) is 29.9 Å². The zero-order valence-corrected chi connectivity index (χ0v) is 21.6. The summed E-state index contributed by atoms with van der Waals surface area (Å²) in [5, 5.41) is 8.24. The summed E-state index contributed by atoms with van der Waals surface area (Å²) in [4.78, 5) is 44.2. The van der Waals surface area contributed by atoms with E-state index >= 15 is 0 Å². The van der Waals surface area contributed by atoms with Gasteiger partial charge in [-0.25, -0.2) is 0 Å². The summed E-state index contributed by atoms with van der Waals surface area (Å²) in [5.74, 6) is -2.00. The van der Waals surface area contributed by atoms with Crippen molar-refractivity contribution in [3.05, 3.63) is 34.5 Å². The van der Waals surface area contributed by atoms with Crippen LogP contribution >= 0.6 is 11.3 Å². The van der Waals surface area contributed by atoms with Gasteiger partial charge in [0.25, 0.3) is 0 Å². The predicted molar refractivity (Wildman–Crippen MR) is 134 cm³/mol. The fourth-order valence-corrected chi connectivity index (χ4v) is 7.70. The molecule has 0 aromatic carbocycles. The molecule has 36 heavy (non-hydrogen) atoms. The number of hydrogen-bond donors (Lipinski definition) is 2. The molecule has 4 aliphatic heterocycles. The molecule has 0 unspecified atom stereocenters. The molecule has 4 fully saturated rings. The Hall–Kier alpha value is -2.23. The zero-order valence-electron chi connectivity index (χ0n) is 20.7. The van der Waals surface area contributed by atoms with E-state index in [1.807, 2.05) is 36.6 Å². The lowest BCUT2D eigenvalue weighted by Crippen LogP contribution is -2.57. The third-order valence-electron chi connectivity index (χ3n) is 8.72. The topological polar surface area (TPSA) is 97.0 Å². The van der Waals surface area contributed by atoms with Crippen LogP contribution in [0.25, 0.3) is 0 Å². The van der Waals surface area contributed by atoms with Crippen molar-refractivity contribution in [2.45, 2.75) is 87.8 Å². The molecule has 6 atom stereocenters. The van der Waals surface area contributed by atoms with Crippen LogP contribution in [0.2, 0.25) is 0 Å². The van der Waals surface area contributed by atoms with Crippen LogP contribution < -0.4 is 10.6 Å². The van der Waals surface area contributed by atoms with E-state index in [2.05, 4.69) is 10.6 Å². The molecule has 5 aliphatic rings. The van der Waals surface area contributed by atoms with Crippen molar-refractivity contribution in [2.75, 3.05) is 13.2 Å². The second kappa shape index (κ2) is 9.26. The molecular formula is C27H35N3O5S. The maximum atomic E-state index is 14.1. The highest BCUT2D eigenvalue weighted by Crippen LogP contribution is 2.59. The minimum absolute atomic E-state index is 0.1000. The largest absolute Gasteiger partial charge is 0.376 e. The van der Waals surface area contributed by atoms with Gasteiger partial charge in [0.1, 0.15) is 11.6 Å². The molecule has 3 saturated heterocycles. The number of carbonyl (C=O) groups excluding carboxylic acids is 3. The van der Waals surface area contributed by atoms with E-state index in [0.29, 0.717) is 19.7 Å². The molecule has 194 valence electrons. The molecule has 3 amide bonds. The molecule has 1 saturated carbocycles. The number of thiophene rings is 1. The van der Waals surface area contributed by atoms with Gasteiger partial charge in [0.05, 0.1) is 30.1 Å². The summed E-state index contributed by atoms with van der Waals surface area (Å²) in [6, 6.07) is 3.23. The van der Waals surface area contributed by atoms with E-state index in [4.69, 9.17) is 9.47 Å². The van der Waals surface area contributed by atoms with Crippen molar-refractivity contribution in [3.63, 3.8) is 0 Å². The van der Waals surface area contributed by atoms with Gasteiger partial charge in [0.15, 0.2) is 0 Å². The van der Waals surface area contributed by atoms with E-state index in [1.165, 1.54) is 6.42 Å². The first-order chi connectivity index (χ1) is 17.4. The molecular weight excluding hydrogens is 478 g/mol. The molecule has 2 N–H and O–H groups in total. The average molecular weight is 514 g/mol. The lowest BCUT2D eigenvalue weighted by Gasteiger charge is -2.35. The summed E-state index contributed by atoms with van der Waals surface area (Å²) in [6.45, 7) is 3.28. The highest BCUT2D eigenvalue weighted by Gasteiger charge is 2.76. The standard InChI is InChI=1S/C27H35N3O5S/c1-26-11-12-27(35-26)21(20(26)23(31)28-15-19-10-6-14-36-19)25(33)30(16-18-9-5-13-34-18)22(27)24(32)29-17-7-3-2-4-8-17/h6,10-12,14,17-18,20-22H,2-5,7-9,13,15-16H2,1H3,(H,28,31)(H,29,32)/t18-,20+,21-,22+,26-,27+/m0/s1. The molecule has 1 aromatic heterocycles. The van der Waals surface area contributed by atoms with Gasteiger partial charge in [0.2, 0.25) is 17.7 Å². The van der Waals surface area contributed by atoms with E-state index < -0.39 is 29.1 Å². The first-order valence-corrected chi connectivity index (χ1v) is 14.2. The third-order valence-corrected chi connectivity index (χ3v) is 9.60. The molecule has 1 aliphatic carbocycles. The molecule has 9 heteroatoms. The van der Waals surface area contributed by atoms with Crippen molar-refractivity contribution >= 4 is 29.1 Å². The fourth-order valence-electron chi connectivity index (χ4n) is 7.06. The lowest BCUT2D eigenvalue weighted by atomic mass is 9.70. The Bertz CT molecular complexity index is 1050. The van der Waals surface area contributed by atoms with Crippen molar-refractivity contribution in [2.24, 2.45) is 11.8 Å². The normalized spacial score (nSPS) is 37.5. The van der Waals surface area contributed by atoms with Crippen LogP contribution in [0, 0.1) is 11.8 Å². The van der Waals surface area contributed by atoms with Crippen LogP contribution in [-0.4, -0.2) is 65.2 Å². The van der Waals surface area contributed by atoms with Crippen LogP contribution in [0.15, 0.2) is 29.7 Å². The smallest absolute Gasteiger partial charge is 0.246 e. The van der Waals surface area contributed by atoms with E-state index in [0.717, 1.165) is 43.4 Å². The molecule has 2 bridgehead atoms. The fraction of sp³-hybridized carbons (Fsp3) is 0.667. The average Bonchev–Trinajstić information content (AvgIpc) is 3.67. The van der Waals surface area contributed by atoms with Crippen LogP contribution in [-0.2, 0) is 30.4 Å². The van der Waals surface area contributed by atoms with Crippen molar-refractivity contribution < 1.29 is 23.9 Å². The Kier molecular flexibility index (Phi) is 6.20. The highest BCUT2D eigenvalue weighted by molar-refractivity contribution is 7.09. The predicted octanol–water partition coefficient (Wildman–Crippen LogP) is 2.53. The molecule has 1 spiro atoms. The number of nitrogens with zero attached hydrogens (tertiary/aromatic N) is 1. The Balaban J connectivity index is 1.30. The summed E-state index contributed by atoms with van der Waals surface area (Å²) in [7, 11) is 0. The summed E-state index contributed by atoms with van der Waals surface area (Å²) in [6.07, 6.45) is 10.8. The SMILES string of the molecule is C[C@@]12C=C[C@@]3(O1)[C@H](C(=O)N(C[C@@H]1CCCO1)[C@@H]3C(=O)NC1CCCCC1)[C@@H]2C(=O)NCc1cccs1. The maximum Gasteiger partial charge on any atom is 0.246 e. The first-order valence-electron chi connectivity index (χ1n) is 13.3. The van der Waals surface area contributed by atoms with Crippen LogP contribution in [0.3, 0.4) is 0 Å². The van der Waals surface area contributed by atoms with Crippen LogP contribution in [0.5, 0.6) is 0 Å². The van der Waals surface area contributed by atoms with E-state index in [1.54, 1.807) is 16.2 Å². The second-order valence-corrected chi connectivity index (χ2v) is 12.1. The lowest BCUT2D eigenvalue weighted by molar-refractivity contribution is -0.146. The van der Waals surface area contributed by atoms with Gasteiger partial charge >= 0.3 is 0 Å². The van der Waals surface area contributed by atoms with Gasteiger partial charge in [0, 0.05) is 24.1 Å². The Labute approximate surface area is 215 Å². The summed E-state index contributed by atoms with van der Waals surface area (Å²) >= 11 is 1.58. The zero-order chi connectivity index (χ0) is 24.9. The van der Waals surface area contributed by atoms with E-state index in [9.17, 15) is 14.4 Å². The number of fused-ring (bicyclic) bond motifs is 1. The molecule has 0 radical (unpaired) electrons. The molecule has 5 heterocycles. The van der Waals surface area contributed by atoms with Gasteiger partial charge < -0.3 is 25.0 Å². The first kappa shape index (κ1) is 24.1. The minimum Gasteiger partial charge on any atom is -0.376 e. The minimum atomic E-state index is -1.14. The number of likely N-dealkylation sites (tertiary alicyclic amines) is 1. The van der Waals surface area contributed by atoms with Gasteiger partial charge in [-0.2, -0.15) is 0 Å². The summed E-state index contributed by atoms with van der Waals surface area (Å²) < 4.78 is 12.4. The van der Waals surface area contributed by atoms with Gasteiger partial charge in [-0.3, -0.25) is 14.4 Å². The van der Waals surface area contributed by atoms with Crippen LogP contribution in [0.1, 0.15) is 56.7 Å². The third kappa shape index (κ3) is 3.90. The Morgan fingerprint density at radius 1 is 1.14 bits per heavy atom. The second-order valence-electron chi connectivity index (χ2n) is 11.1. The number of ether oxygens (including phenoxy) is 2. The van der Waals surface area contributed by atoms with Crippen molar-refractivity contribution in [3.8, 4) is 0 Å². The monoisotopic (exact) mass is 513 g/mol. The summed E-state index contributed by atoms with van der Waals surface area (Å²) in [5.41, 5.74) is -2.08. The quantitative estimate of drug-likeness (QED) is 0.547. The number of carbonyl (C=O) groups is 3. The Morgan fingerprint density at radius 3 is 2.69 bits per heavy atom. The van der Waals surface area contributed by atoms with Gasteiger partial charge in [-0.1, -0.05) is 37.5 Å². The number of nitrogens with one attached hydrogen (secondary N) is 2. The Morgan fingerprint density at radius 2 is 1.97 bits per heavy atom. The number of hydrogen-bond acceptors (Lipinski definition) is 6. The molecule has 8 nitrogen and oxygen atoms in total. The number of amides is 3. The maximum absolute atomic E-state index is 14.1. The molecule has 1 aromatic rings. The van der Waals surface area contributed by atoms with Crippen molar-refractivity contribution in [1.29, 1.82) is 0 Å². The molecule has 6 rings (SSSR count). The van der Waals surface area contributed by atoms with Gasteiger partial charge in [-0.05, 0) is 44.1 Å². The van der Waals surface area contributed by atoms with Crippen LogP contribution in [0.4, 0.5) is 0 Å². The van der Waals surface area contributed by atoms with Gasteiger partial charge in [-0.15, -0.1) is 11.3 Å².